The van der Waals surface area contributed by atoms with E-state index >= 15 is 0 Å². The Morgan fingerprint density at radius 1 is 1.18 bits per heavy atom. The highest BCUT2D eigenvalue weighted by molar-refractivity contribution is 5.66. The van der Waals surface area contributed by atoms with Crippen molar-refractivity contribution in [2.75, 3.05) is 0 Å². The van der Waals surface area contributed by atoms with Crippen LogP contribution in [-0.2, 0) is 0 Å². The Bertz CT molecular complexity index is 575. The van der Waals surface area contributed by atoms with Crippen molar-refractivity contribution >= 4 is 5.69 Å². The van der Waals surface area contributed by atoms with E-state index in [2.05, 4.69) is 9.97 Å². The van der Waals surface area contributed by atoms with E-state index in [0.717, 1.165) is 12.1 Å². The fourth-order valence-corrected chi connectivity index (χ4v) is 1.38. The van der Waals surface area contributed by atoms with Crippen LogP contribution < -0.4 is 0 Å². The third kappa shape index (κ3) is 1.94. The highest BCUT2D eigenvalue weighted by atomic mass is 19.1. The first-order valence-electron chi connectivity index (χ1n) is 4.49. The molecule has 1 aromatic carbocycles. The van der Waals surface area contributed by atoms with Gasteiger partial charge in [-0.1, -0.05) is 0 Å². The van der Waals surface area contributed by atoms with Gasteiger partial charge >= 0.3 is 5.69 Å². The molecule has 0 N–H and O–H groups in total. The lowest BCUT2D eigenvalue weighted by atomic mass is 10.1. The molecule has 5 nitrogen and oxygen atoms in total. The van der Waals surface area contributed by atoms with Crippen LogP contribution in [-0.4, -0.2) is 14.9 Å². The van der Waals surface area contributed by atoms with Crippen LogP contribution in [0.4, 0.5) is 14.5 Å². The number of nitro groups is 1. The predicted molar refractivity (Wildman–Crippen MR) is 54.0 cm³/mol. The maximum atomic E-state index is 13.7. The summed E-state index contributed by atoms with van der Waals surface area (Å²) in [6, 6.07) is 1.61. The molecule has 0 bridgehead atoms. The van der Waals surface area contributed by atoms with Gasteiger partial charge in [-0.25, -0.2) is 14.4 Å². The summed E-state index contributed by atoms with van der Waals surface area (Å²) in [6.45, 7) is 0. The molecule has 0 fully saturated rings. The molecule has 0 unspecified atom stereocenters. The third-order valence-corrected chi connectivity index (χ3v) is 2.12. The molecule has 0 atom stereocenters. The second-order valence-electron chi connectivity index (χ2n) is 3.14. The summed E-state index contributed by atoms with van der Waals surface area (Å²) in [5, 5.41) is 10.5. The van der Waals surface area contributed by atoms with Gasteiger partial charge in [0.1, 0.15) is 12.1 Å². The van der Waals surface area contributed by atoms with Gasteiger partial charge < -0.3 is 0 Å². The maximum Gasteiger partial charge on any atom is 0.305 e. The van der Waals surface area contributed by atoms with E-state index in [1.807, 2.05) is 0 Å². The van der Waals surface area contributed by atoms with Crippen LogP contribution in [0.5, 0.6) is 0 Å². The predicted octanol–water partition coefficient (Wildman–Crippen LogP) is 2.33. The standard InChI is InChI=1S/C10H5F2N3O2/c11-7-1-2-8(15(16)17)10(12)9(7)6-3-13-5-14-4-6/h1-5H. The summed E-state index contributed by atoms with van der Waals surface area (Å²) < 4.78 is 27.2. The van der Waals surface area contributed by atoms with Crippen LogP contribution in [0.2, 0.25) is 0 Å². The summed E-state index contributed by atoms with van der Waals surface area (Å²) in [6.07, 6.45) is 3.55. The lowest BCUT2D eigenvalue weighted by Gasteiger charge is -2.04. The molecule has 86 valence electrons. The van der Waals surface area contributed by atoms with Crippen molar-refractivity contribution in [3.05, 3.63) is 52.6 Å². The van der Waals surface area contributed by atoms with Crippen LogP contribution in [0.3, 0.4) is 0 Å². The Kier molecular flexibility index (Phi) is 2.73. The fourth-order valence-electron chi connectivity index (χ4n) is 1.38. The summed E-state index contributed by atoms with van der Waals surface area (Å²) in [7, 11) is 0. The van der Waals surface area contributed by atoms with E-state index in [0.29, 0.717) is 0 Å². The highest BCUT2D eigenvalue weighted by Gasteiger charge is 2.22. The second kappa shape index (κ2) is 4.20. The fraction of sp³-hybridized carbons (Fsp3) is 0. The molecular weight excluding hydrogens is 232 g/mol. The Hall–Kier alpha value is -2.44. The molecule has 17 heavy (non-hydrogen) atoms. The lowest BCUT2D eigenvalue weighted by molar-refractivity contribution is -0.387. The van der Waals surface area contributed by atoms with Crippen molar-refractivity contribution in [3.8, 4) is 11.1 Å². The number of nitrogens with zero attached hydrogens (tertiary/aromatic N) is 3. The van der Waals surface area contributed by atoms with Gasteiger partial charge in [-0.2, -0.15) is 4.39 Å². The lowest BCUT2D eigenvalue weighted by Crippen LogP contribution is -1.98. The Morgan fingerprint density at radius 2 is 1.82 bits per heavy atom. The van der Waals surface area contributed by atoms with Gasteiger partial charge in [-0.3, -0.25) is 10.1 Å². The van der Waals surface area contributed by atoms with Gasteiger partial charge in [0, 0.05) is 24.0 Å². The van der Waals surface area contributed by atoms with Crippen LogP contribution in [0.1, 0.15) is 0 Å². The maximum absolute atomic E-state index is 13.7. The zero-order valence-corrected chi connectivity index (χ0v) is 8.30. The van der Waals surface area contributed by atoms with Crippen molar-refractivity contribution < 1.29 is 13.7 Å². The first kappa shape index (κ1) is 11.1. The number of rotatable bonds is 2. The van der Waals surface area contributed by atoms with E-state index in [4.69, 9.17) is 0 Å². The van der Waals surface area contributed by atoms with Gasteiger partial charge in [0.15, 0.2) is 0 Å². The first-order chi connectivity index (χ1) is 8.11. The molecule has 2 aromatic rings. The molecule has 1 heterocycles. The second-order valence-corrected chi connectivity index (χ2v) is 3.14. The van der Waals surface area contributed by atoms with Gasteiger partial charge in [0.2, 0.25) is 5.82 Å². The van der Waals surface area contributed by atoms with Gasteiger partial charge in [-0.15, -0.1) is 0 Å². The highest BCUT2D eigenvalue weighted by Crippen LogP contribution is 2.30. The Labute approximate surface area is 93.9 Å². The molecule has 0 aliphatic heterocycles. The number of nitro benzene ring substituents is 1. The van der Waals surface area contributed by atoms with Gasteiger partial charge in [0.25, 0.3) is 0 Å². The van der Waals surface area contributed by atoms with Crippen LogP contribution in [0, 0.1) is 21.7 Å². The van der Waals surface area contributed by atoms with E-state index in [1.165, 1.54) is 18.7 Å². The summed E-state index contributed by atoms with van der Waals surface area (Å²) in [5.41, 5.74) is -1.24. The van der Waals surface area contributed by atoms with Crippen molar-refractivity contribution in [3.63, 3.8) is 0 Å². The molecule has 1 aromatic heterocycles. The smallest absolute Gasteiger partial charge is 0.258 e. The molecule has 0 saturated carbocycles. The summed E-state index contributed by atoms with van der Waals surface area (Å²) >= 11 is 0. The normalized spacial score (nSPS) is 10.2. The largest absolute Gasteiger partial charge is 0.305 e. The summed E-state index contributed by atoms with van der Waals surface area (Å²) in [4.78, 5) is 16.8. The molecule has 0 radical (unpaired) electrons. The van der Waals surface area contributed by atoms with Crippen LogP contribution >= 0.6 is 0 Å². The number of aromatic nitrogens is 2. The molecule has 0 aliphatic carbocycles. The Balaban J connectivity index is 2.69. The average Bonchev–Trinajstić information content (AvgIpc) is 2.30. The minimum Gasteiger partial charge on any atom is -0.258 e. The van der Waals surface area contributed by atoms with Crippen molar-refractivity contribution in [1.82, 2.24) is 9.97 Å². The quantitative estimate of drug-likeness (QED) is 0.593. The summed E-state index contributed by atoms with van der Waals surface area (Å²) in [5.74, 6) is -2.13. The molecule has 0 spiro atoms. The van der Waals surface area contributed by atoms with E-state index in [9.17, 15) is 18.9 Å². The van der Waals surface area contributed by atoms with E-state index in [-0.39, 0.29) is 5.56 Å². The molecule has 0 amide bonds. The molecule has 2 rings (SSSR count). The number of halogens is 2. The van der Waals surface area contributed by atoms with E-state index < -0.39 is 27.8 Å². The number of benzene rings is 1. The van der Waals surface area contributed by atoms with E-state index in [1.54, 1.807) is 0 Å². The monoisotopic (exact) mass is 237 g/mol. The SMILES string of the molecule is O=[N+]([O-])c1ccc(F)c(-c2cncnc2)c1F. The first-order valence-corrected chi connectivity index (χ1v) is 4.49. The van der Waals surface area contributed by atoms with Crippen LogP contribution in [0.25, 0.3) is 11.1 Å². The molecular formula is C10H5F2N3O2. The molecule has 0 saturated heterocycles. The molecule has 7 heteroatoms. The topological polar surface area (TPSA) is 68.9 Å². The van der Waals surface area contributed by atoms with Crippen LogP contribution in [0.15, 0.2) is 30.9 Å². The minimum absolute atomic E-state index is 0.0474. The molecule has 0 aliphatic rings. The van der Waals surface area contributed by atoms with Gasteiger partial charge in [0.05, 0.1) is 10.5 Å². The Morgan fingerprint density at radius 3 is 2.41 bits per heavy atom. The van der Waals surface area contributed by atoms with Crippen molar-refractivity contribution in [2.24, 2.45) is 0 Å². The number of hydrogen-bond donors (Lipinski definition) is 0. The number of hydrogen-bond acceptors (Lipinski definition) is 4. The average molecular weight is 237 g/mol. The third-order valence-electron chi connectivity index (χ3n) is 2.12. The van der Waals surface area contributed by atoms with Gasteiger partial charge in [-0.05, 0) is 6.07 Å². The zero-order valence-electron chi connectivity index (χ0n) is 8.30. The van der Waals surface area contributed by atoms with Crippen molar-refractivity contribution in [2.45, 2.75) is 0 Å². The van der Waals surface area contributed by atoms with Crippen molar-refractivity contribution in [1.29, 1.82) is 0 Å². The minimum atomic E-state index is -1.23. The zero-order chi connectivity index (χ0) is 12.4.